The van der Waals surface area contributed by atoms with Gasteiger partial charge in [0.2, 0.25) is 11.8 Å². The lowest BCUT2D eigenvalue weighted by molar-refractivity contribution is -0.126. The van der Waals surface area contributed by atoms with E-state index in [0.717, 1.165) is 25.1 Å². The lowest BCUT2D eigenvalue weighted by atomic mass is 10.2. The number of nitrogens with one attached hydrogen (secondary N) is 1. The number of hydrogen-bond donors (Lipinski definition) is 1. The maximum absolute atomic E-state index is 12.7. The Morgan fingerprint density at radius 3 is 2.82 bits per heavy atom. The van der Waals surface area contributed by atoms with E-state index in [1.807, 2.05) is 44.0 Å². The monoisotopic (exact) mass is 303 g/mol. The average Bonchev–Trinajstić information content (AvgIpc) is 2.95. The van der Waals surface area contributed by atoms with Gasteiger partial charge >= 0.3 is 0 Å². The standard InChI is InChI=1S/C17H25N3O2/c1-4-10-18-16(21)12-19(3)13(2)17(22)20-11-9-14-7-5-6-8-15(14)20/h5-8,13H,4,9-12H2,1-3H3,(H,18,21)/t13-/m0/s1. The molecule has 0 spiro atoms. The van der Waals surface area contributed by atoms with Crippen molar-refractivity contribution in [3.05, 3.63) is 29.8 Å². The van der Waals surface area contributed by atoms with Crippen LogP contribution < -0.4 is 10.2 Å². The zero-order valence-corrected chi connectivity index (χ0v) is 13.6. The Hall–Kier alpha value is -1.88. The van der Waals surface area contributed by atoms with Gasteiger partial charge in [-0.1, -0.05) is 25.1 Å². The Morgan fingerprint density at radius 2 is 2.09 bits per heavy atom. The molecule has 2 rings (SSSR count). The molecule has 5 nitrogen and oxygen atoms in total. The van der Waals surface area contributed by atoms with Crippen molar-refractivity contribution in [2.45, 2.75) is 32.7 Å². The highest BCUT2D eigenvalue weighted by atomic mass is 16.2. The molecule has 1 heterocycles. The van der Waals surface area contributed by atoms with Crippen LogP contribution >= 0.6 is 0 Å². The van der Waals surface area contributed by atoms with E-state index in [1.165, 1.54) is 5.56 Å². The summed E-state index contributed by atoms with van der Waals surface area (Å²) in [6.07, 6.45) is 1.81. The molecule has 0 unspecified atom stereocenters. The van der Waals surface area contributed by atoms with Crippen molar-refractivity contribution in [3.8, 4) is 0 Å². The third-order valence-electron chi connectivity index (χ3n) is 4.14. The molecule has 0 radical (unpaired) electrons. The first kappa shape index (κ1) is 16.5. The Labute approximate surface area is 132 Å². The van der Waals surface area contributed by atoms with Crippen LogP contribution in [0.4, 0.5) is 5.69 Å². The minimum atomic E-state index is -0.321. The van der Waals surface area contributed by atoms with E-state index in [9.17, 15) is 9.59 Å². The number of fused-ring (bicyclic) bond motifs is 1. The van der Waals surface area contributed by atoms with Gasteiger partial charge < -0.3 is 10.2 Å². The molecule has 1 aliphatic rings. The molecule has 0 saturated carbocycles. The Bertz CT molecular complexity index is 544. The largest absolute Gasteiger partial charge is 0.355 e. The molecule has 1 aromatic rings. The zero-order valence-electron chi connectivity index (χ0n) is 13.6. The molecule has 1 aromatic carbocycles. The summed E-state index contributed by atoms with van der Waals surface area (Å²) in [5.41, 5.74) is 2.22. The highest BCUT2D eigenvalue weighted by molar-refractivity contribution is 5.99. The van der Waals surface area contributed by atoms with Gasteiger partial charge in [0.05, 0.1) is 12.6 Å². The average molecular weight is 303 g/mol. The maximum Gasteiger partial charge on any atom is 0.244 e. The highest BCUT2D eigenvalue weighted by Crippen LogP contribution is 2.28. The van der Waals surface area contributed by atoms with Gasteiger partial charge in [-0.25, -0.2) is 0 Å². The summed E-state index contributed by atoms with van der Waals surface area (Å²) in [6.45, 7) is 5.51. The summed E-state index contributed by atoms with van der Waals surface area (Å²) < 4.78 is 0. The molecule has 0 bridgehead atoms. The summed E-state index contributed by atoms with van der Waals surface area (Å²) in [5.74, 6) is 0.0153. The predicted octanol–water partition coefficient (Wildman–Crippen LogP) is 1.42. The van der Waals surface area contributed by atoms with E-state index < -0.39 is 0 Å². The van der Waals surface area contributed by atoms with E-state index >= 15 is 0 Å². The second kappa shape index (κ2) is 7.40. The minimum absolute atomic E-state index is 0.0363. The van der Waals surface area contributed by atoms with Crippen LogP contribution in [0.5, 0.6) is 0 Å². The van der Waals surface area contributed by atoms with E-state index in [0.29, 0.717) is 6.54 Å². The number of rotatable bonds is 6. The van der Waals surface area contributed by atoms with Crippen molar-refractivity contribution in [1.82, 2.24) is 10.2 Å². The number of nitrogens with zero attached hydrogens (tertiary/aromatic N) is 2. The number of hydrogen-bond acceptors (Lipinski definition) is 3. The van der Waals surface area contributed by atoms with E-state index in [1.54, 1.807) is 4.90 Å². The third-order valence-corrected chi connectivity index (χ3v) is 4.14. The molecular weight excluding hydrogens is 278 g/mol. The summed E-state index contributed by atoms with van der Waals surface area (Å²) >= 11 is 0. The maximum atomic E-state index is 12.7. The molecule has 120 valence electrons. The molecular formula is C17H25N3O2. The number of carbonyl (C=O) groups is 2. The number of para-hydroxylation sites is 1. The van der Waals surface area contributed by atoms with Crippen molar-refractivity contribution in [2.24, 2.45) is 0 Å². The van der Waals surface area contributed by atoms with Gasteiger partial charge in [-0.3, -0.25) is 14.5 Å². The first-order chi connectivity index (χ1) is 10.5. The molecule has 1 atom stereocenters. The molecule has 0 aliphatic carbocycles. The molecule has 0 fully saturated rings. The number of benzene rings is 1. The van der Waals surface area contributed by atoms with Crippen LogP contribution in [0.2, 0.25) is 0 Å². The van der Waals surface area contributed by atoms with Crippen LogP contribution in [-0.2, 0) is 16.0 Å². The van der Waals surface area contributed by atoms with Crippen molar-refractivity contribution < 1.29 is 9.59 Å². The van der Waals surface area contributed by atoms with Crippen LogP contribution in [0.3, 0.4) is 0 Å². The second-order valence-electron chi connectivity index (χ2n) is 5.81. The second-order valence-corrected chi connectivity index (χ2v) is 5.81. The number of carbonyl (C=O) groups excluding carboxylic acids is 2. The quantitative estimate of drug-likeness (QED) is 0.865. The van der Waals surface area contributed by atoms with Gasteiger partial charge in [0, 0.05) is 18.8 Å². The highest BCUT2D eigenvalue weighted by Gasteiger charge is 2.30. The van der Waals surface area contributed by atoms with Gasteiger partial charge in [-0.15, -0.1) is 0 Å². The van der Waals surface area contributed by atoms with Crippen LogP contribution in [0.15, 0.2) is 24.3 Å². The number of anilines is 1. The topological polar surface area (TPSA) is 52.7 Å². The van der Waals surface area contributed by atoms with Gasteiger partial charge in [0.15, 0.2) is 0 Å². The summed E-state index contributed by atoms with van der Waals surface area (Å²) in [7, 11) is 1.82. The molecule has 5 heteroatoms. The van der Waals surface area contributed by atoms with E-state index in [2.05, 4.69) is 11.4 Å². The third kappa shape index (κ3) is 3.65. The van der Waals surface area contributed by atoms with Crippen molar-refractivity contribution >= 4 is 17.5 Å². The lowest BCUT2D eigenvalue weighted by Gasteiger charge is -2.28. The molecule has 0 saturated heterocycles. The van der Waals surface area contributed by atoms with Gasteiger partial charge in [0.1, 0.15) is 0 Å². The predicted molar refractivity (Wildman–Crippen MR) is 87.9 cm³/mol. The van der Waals surface area contributed by atoms with Crippen molar-refractivity contribution in [1.29, 1.82) is 0 Å². The Kier molecular flexibility index (Phi) is 5.55. The number of amides is 2. The van der Waals surface area contributed by atoms with E-state index in [-0.39, 0.29) is 24.4 Å². The lowest BCUT2D eigenvalue weighted by Crippen LogP contribution is -2.48. The van der Waals surface area contributed by atoms with Gasteiger partial charge in [0.25, 0.3) is 0 Å². The SMILES string of the molecule is CCCNC(=O)CN(C)[C@@H](C)C(=O)N1CCc2ccccc21. The molecule has 1 N–H and O–H groups in total. The fourth-order valence-corrected chi connectivity index (χ4v) is 2.67. The first-order valence-corrected chi connectivity index (χ1v) is 7.90. The Balaban J connectivity index is 1.96. The molecule has 2 amide bonds. The normalized spacial score (nSPS) is 14.8. The van der Waals surface area contributed by atoms with E-state index in [4.69, 9.17) is 0 Å². The van der Waals surface area contributed by atoms with Gasteiger partial charge in [-0.05, 0) is 38.4 Å². The van der Waals surface area contributed by atoms with Crippen molar-refractivity contribution in [3.63, 3.8) is 0 Å². The zero-order chi connectivity index (χ0) is 16.1. The molecule has 22 heavy (non-hydrogen) atoms. The molecule has 1 aliphatic heterocycles. The van der Waals surface area contributed by atoms with Crippen LogP contribution in [-0.4, -0.2) is 49.4 Å². The number of likely N-dealkylation sites (N-methyl/N-ethyl adjacent to an activating group) is 1. The molecule has 0 aromatic heterocycles. The smallest absolute Gasteiger partial charge is 0.244 e. The fourth-order valence-electron chi connectivity index (χ4n) is 2.67. The Morgan fingerprint density at radius 1 is 1.36 bits per heavy atom. The summed E-state index contributed by atoms with van der Waals surface area (Å²) in [5, 5.41) is 2.84. The minimum Gasteiger partial charge on any atom is -0.355 e. The van der Waals surface area contributed by atoms with Crippen molar-refractivity contribution in [2.75, 3.05) is 31.6 Å². The first-order valence-electron chi connectivity index (χ1n) is 7.90. The summed E-state index contributed by atoms with van der Waals surface area (Å²) in [4.78, 5) is 28.1. The fraction of sp³-hybridized carbons (Fsp3) is 0.529. The van der Waals surface area contributed by atoms with Crippen LogP contribution in [0.25, 0.3) is 0 Å². The van der Waals surface area contributed by atoms with Crippen LogP contribution in [0.1, 0.15) is 25.8 Å². The van der Waals surface area contributed by atoms with Crippen LogP contribution in [0, 0.1) is 0 Å². The summed E-state index contributed by atoms with van der Waals surface area (Å²) in [6, 6.07) is 7.69. The van der Waals surface area contributed by atoms with Gasteiger partial charge in [-0.2, -0.15) is 0 Å².